The summed E-state index contributed by atoms with van der Waals surface area (Å²) in [7, 11) is 2.94. The second-order valence-electron chi connectivity index (χ2n) is 4.20. The van der Waals surface area contributed by atoms with Gasteiger partial charge in [-0.1, -0.05) is 11.6 Å². The highest BCUT2D eigenvalue weighted by molar-refractivity contribution is 6.34. The van der Waals surface area contributed by atoms with Gasteiger partial charge in [0.15, 0.2) is 0 Å². The molecule has 0 amide bonds. The van der Waals surface area contributed by atoms with E-state index in [2.05, 4.69) is 0 Å². The van der Waals surface area contributed by atoms with Crippen LogP contribution < -0.4 is 9.47 Å². The molecule has 0 saturated carbocycles. The summed E-state index contributed by atoms with van der Waals surface area (Å²) in [6, 6.07) is 7.40. The zero-order chi connectivity index (χ0) is 15.6. The first-order valence-corrected chi connectivity index (χ1v) is 6.34. The van der Waals surface area contributed by atoms with Crippen molar-refractivity contribution in [1.29, 1.82) is 0 Å². The maximum absolute atomic E-state index is 10.9. The van der Waals surface area contributed by atoms with Crippen LogP contribution in [0.4, 0.5) is 0 Å². The molecule has 0 aliphatic heterocycles. The molecule has 0 unspecified atom stereocenters. The van der Waals surface area contributed by atoms with Crippen molar-refractivity contribution in [3.63, 3.8) is 0 Å². The Morgan fingerprint density at radius 3 is 2.29 bits per heavy atom. The van der Waals surface area contributed by atoms with E-state index in [-0.39, 0.29) is 16.3 Å². The molecule has 0 aliphatic rings. The van der Waals surface area contributed by atoms with E-state index in [1.54, 1.807) is 12.1 Å². The molecular formula is C15H13ClO5. The number of ether oxygens (including phenoxy) is 2. The fourth-order valence-corrected chi connectivity index (χ4v) is 2.32. The number of carboxylic acid groups (broad SMARTS) is 1. The van der Waals surface area contributed by atoms with Gasteiger partial charge in [-0.3, -0.25) is 0 Å². The Morgan fingerprint density at radius 1 is 1.10 bits per heavy atom. The van der Waals surface area contributed by atoms with Gasteiger partial charge in [0.2, 0.25) is 0 Å². The number of carboxylic acids is 1. The van der Waals surface area contributed by atoms with Crippen LogP contribution in [0.5, 0.6) is 17.2 Å². The van der Waals surface area contributed by atoms with Crippen molar-refractivity contribution in [3.8, 4) is 28.4 Å². The van der Waals surface area contributed by atoms with Gasteiger partial charge in [0.1, 0.15) is 22.3 Å². The van der Waals surface area contributed by atoms with Gasteiger partial charge in [-0.25, -0.2) is 4.79 Å². The monoisotopic (exact) mass is 308 g/mol. The van der Waals surface area contributed by atoms with Crippen LogP contribution in [-0.2, 0) is 0 Å². The molecule has 2 aromatic rings. The zero-order valence-electron chi connectivity index (χ0n) is 11.4. The van der Waals surface area contributed by atoms with E-state index in [1.165, 1.54) is 32.4 Å². The largest absolute Gasteiger partial charge is 0.507 e. The topological polar surface area (TPSA) is 76.0 Å². The van der Waals surface area contributed by atoms with E-state index >= 15 is 0 Å². The first-order chi connectivity index (χ1) is 9.99. The molecule has 0 aliphatic carbocycles. The molecule has 0 aromatic heterocycles. The molecule has 2 rings (SSSR count). The van der Waals surface area contributed by atoms with E-state index in [0.29, 0.717) is 22.6 Å². The third kappa shape index (κ3) is 2.73. The number of rotatable bonds is 4. The van der Waals surface area contributed by atoms with Crippen LogP contribution in [0.2, 0.25) is 5.02 Å². The fraction of sp³-hybridized carbons (Fsp3) is 0.133. The van der Waals surface area contributed by atoms with Gasteiger partial charge in [-0.2, -0.15) is 0 Å². The van der Waals surface area contributed by atoms with Crippen LogP contribution in [0, 0.1) is 0 Å². The second kappa shape index (κ2) is 5.93. The highest BCUT2D eigenvalue weighted by atomic mass is 35.5. The van der Waals surface area contributed by atoms with Gasteiger partial charge in [-0.15, -0.1) is 0 Å². The minimum Gasteiger partial charge on any atom is -0.507 e. The summed E-state index contributed by atoms with van der Waals surface area (Å²) < 4.78 is 10.4. The van der Waals surface area contributed by atoms with Gasteiger partial charge in [0, 0.05) is 11.1 Å². The lowest BCUT2D eigenvalue weighted by atomic mass is 10.0. The lowest BCUT2D eigenvalue weighted by molar-refractivity contribution is 0.0696. The molecule has 0 heterocycles. The molecule has 0 atom stereocenters. The molecule has 5 nitrogen and oxygen atoms in total. The summed E-state index contributed by atoms with van der Waals surface area (Å²) in [4.78, 5) is 10.9. The Balaban J connectivity index is 2.62. The van der Waals surface area contributed by atoms with Crippen LogP contribution in [-0.4, -0.2) is 30.4 Å². The Hall–Kier alpha value is -2.40. The van der Waals surface area contributed by atoms with Crippen molar-refractivity contribution in [3.05, 3.63) is 40.9 Å². The average Bonchev–Trinajstić information content (AvgIpc) is 2.46. The third-order valence-corrected chi connectivity index (χ3v) is 3.38. The smallest absolute Gasteiger partial charge is 0.335 e. The summed E-state index contributed by atoms with van der Waals surface area (Å²) >= 11 is 6.17. The van der Waals surface area contributed by atoms with Crippen molar-refractivity contribution in [2.24, 2.45) is 0 Å². The number of aromatic carboxylic acids is 1. The number of phenols is 1. The Morgan fingerprint density at radius 2 is 1.76 bits per heavy atom. The summed E-state index contributed by atoms with van der Waals surface area (Å²) in [5, 5.41) is 19.2. The summed E-state index contributed by atoms with van der Waals surface area (Å²) in [6.45, 7) is 0. The number of halogens is 1. The van der Waals surface area contributed by atoms with Gasteiger partial charge in [0.05, 0.1) is 19.8 Å². The second-order valence-corrected chi connectivity index (χ2v) is 4.58. The van der Waals surface area contributed by atoms with E-state index in [1.807, 2.05) is 0 Å². The van der Waals surface area contributed by atoms with Crippen molar-refractivity contribution in [2.75, 3.05) is 14.2 Å². The van der Waals surface area contributed by atoms with Crippen molar-refractivity contribution < 1.29 is 24.5 Å². The normalized spacial score (nSPS) is 10.2. The summed E-state index contributed by atoms with van der Waals surface area (Å²) in [6.07, 6.45) is 0. The minimum absolute atomic E-state index is 0.00479. The van der Waals surface area contributed by atoms with Crippen LogP contribution >= 0.6 is 11.6 Å². The number of hydrogen-bond acceptors (Lipinski definition) is 4. The lowest BCUT2D eigenvalue weighted by Crippen LogP contribution is -1.97. The number of phenolic OH excluding ortho intramolecular Hbond substituents is 1. The number of aromatic hydroxyl groups is 1. The highest BCUT2D eigenvalue weighted by Gasteiger charge is 2.17. The van der Waals surface area contributed by atoms with Gasteiger partial charge in [-0.05, 0) is 30.3 Å². The standard InChI is InChI=1S/C15H13ClO5/c1-20-12-6-5-10(14(21-2)13(12)16)9-4-3-8(15(18)19)7-11(9)17/h3-7,17H,1-2H3,(H,18,19). The fourth-order valence-electron chi connectivity index (χ4n) is 2.00. The molecule has 6 heteroatoms. The molecule has 0 fully saturated rings. The zero-order valence-corrected chi connectivity index (χ0v) is 12.1. The Bertz CT molecular complexity index is 697. The van der Waals surface area contributed by atoms with Gasteiger partial charge >= 0.3 is 5.97 Å². The average molecular weight is 309 g/mol. The first kappa shape index (κ1) is 15.0. The molecule has 0 radical (unpaired) electrons. The molecule has 2 N–H and O–H groups in total. The summed E-state index contributed by atoms with van der Waals surface area (Å²) in [5.41, 5.74) is 0.953. The quantitative estimate of drug-likeness (QED) is 0.905. The third-order valence-electron chi connectivity index (χ3n) is 3.02. The highest BCUT2D eigenvalue weighted by Crippen LogP contribution is 2.44. The predicted octanol–water partition coefficient (Wildman–Crippen LogP) is 3.43. The van der Waals surface area contributed by atoms with Crippen molar-refractivity contribution in [2.45, 2.75) is 0 Å². The van der Waals surface area contributed by atoms with Crippen LogP contribution in [0.3, 0.4) is 0 Å². The number of hydrogen-bond donors (Lipinski definition) is 2. The Labute approximate surface area is 126 Å². The molecule has 0 spiro atoms. The van der Waals surface area contributed by atoms with E-state index in [9.17, 15) is 9.90 Å². The summed E-state index contributed by atoms with van der Waals surface area (Å²) in [5.74, 6) is -0.501. The lowest BCUT2D eigenvalue weighted by Gasteiger charge is -2.14. The van der Waals surface area contributed by atoms with Crippen molar-refractivity contribution in [1.82, 2.24) is 0 Å². The first-order valence-electron chi connectivity index (χ1n) is 5.96. The molecular weight excluding hydrogens is 296 g/mol. The van der Waals surface area contributed by atoms with Gasteiger partial charge < -0.3 is 19.7 Å². The molecule has 0 bridgehead atoms. The van der Waals surface area contributed by atoms with Crippen molar-refractivity contribution >= 4 is 17.6 Å². The van der Waals surface area contributed by atoms with Crippen LogP contribution in [0.25, 0.3) is 11.1 Å². The van der Waals surface area contributed by atoms with E-state index in [0.717, 1.165) is 0 Å². The van der Waals surface area contributed by atoms with E-state index in [4.69, 9.17) is 26.2 Å². The van der Waals surface area contributed by atoms with E-state index < -0.39 is 5.97 Å². The van der Waals surface area contributed by atoms with Crippen LogP contribution in [0.1, 0.15) is 10.4 Å². The molecule has 110 valence electrons. The maximum Gasteiger partial charge on any atom is 0.335 e. The predicted molar refractivity (Wildman–Crippen MR) is 78.6 cm³/mol. The number of carbonyl (C=O) groups is 1. The number of methoxy groups -OCH3 is 2. The van der Waals surface area contributed by atoms with Gasteiger partial charge in [0.25, 0.3) is 0 Å². The molecule has 0 saturated heterocycles. The Kier molecular flexibility index (Phi) is 4.23. The SMILES string of the molecule is COc1ccc(-c2ccc(C(=O)O)cc2O)c(OC)c1Cl. The number of benzene rings is 2. The minimum atomic E-state index is -1.11. The maximum atomic E-state index is 10.9. The van der Waals surface area contributed by atoms with Crippen LogP contribution in [0.15, 0.2) is 30.3 Å². The molecule has 2 aromatic carbocycles. The molecule has 21 heavy (non-hydrogen) atoms.